The van der Waals surface area contributed by atoms with Crippen molar-refractivity contribution in [2.45, 2.75) is 31.3 Å². The monoisotopic (exact) mass is 402 g/mol. The van der Waals surface area contributed by atoms with E-state index in [9.17, 15) is 9.59 Å². The molecule has 152 valence electrons. The van der Waals surface area contributed by atoms with Crippen LogP contribution in [-0.2, 0) is 14.3 Å². The van der Waals surface area contributed by atoms with Gasteiger partial charge >= 0.3 is 5.97 Å². The van der Waals surface area contributed by atoms with E-state index in [1.54, 1.807) is 12.4 Å². The number of carbonyl (C=O) groups is 2. The van der Waals surface area contributed by atoms with E-state index >= 15 is 0 Å². The van der Waals surface area contributed by atoms with Gasteiger partial charge in [0.05, 0.1) is 18.1 Å². The third-order valence-corrected chi connectivity index (χ3v) is 6.25. The molecule has 1 aliphatic carbocycles. The molecule has 0 saturated heterocycles. The van der Waals surface area contributed by atoms with Crippen LogP contribution in [0.2, 0.25) is 0 Å². The molecule has 2 aliphatic heterocycles. The van der Waals surface area contributed by atoms with E-state index in [0.29, 0.717) is 43.7 Å². The topological polar surface area (TPSA) is 98.4 Å². The van der Waals surface area contributed by atoms with Crippen LogP contribution in [0.1, 0.15) is 25.7 Å². The first-order valence-corrected chi connectivity index (χ1v) is 10.2. The highest BCUT2D eigenvalue weighted by molar-refractivity contribution is 5.98. The fourth-order valence-electron chi connectivity index (χ4n) is 4.63. The summed E-state index contributed by atoms with van der Waals surface area (Å²) in [4.78, 5) is 35.4. The molecule has 5 rings (SSSR count). The van der Waals surface area contributed by atoms with Gasteiger partial charge < -0.3 is 15.4 Å². The Morgan fingerprint density at radius 1 is 1.13 bits per heavy atom. The van der Waals surface area contributed by atoms with E-state index < -0.39 is 5.60 Å². The molecule has 0 bridgehead atoms. The molecule has 30 heavy (non-hydrogen) atoms. The van der Waals surface area contributed by atoms with Crippen LogP contribution >= 0.6 is 0 Å². The highest BCUT2D eigenvalue weighted by Gasteiger charge is 2.51. The number of anilines is 1. The van der Waals surface area contributed by atoms with Gasteiger partial charge in [0, 0.05) is 23.6 Å². The SMILES string of the molecule is NC(=O)C1CCC2(CC1)OC(=O)C1=C2C=CCN1c1cnc(-c2ccccc2)cn1. The Labute approximate surface area is 174 Å². The first-order chi connectivity index (χ1) is 14.6. The number of fused-ring (bicyclic) bond motifs is 1. The maximum Gasteiger partial charge on any atom is 0.356 e. The van der Waals surface area contributed by atoms with E-state index in [0.717, 1.165) is 16.8 Å². The third-order valence-electron chi connectivity index (χ3n) is 6.25. The molecule has 2 N–H and O–H groups in total. The standard InChI is InChI=1S/C23H22N4O3/c24-21(28)16-8-10-23(11-9-16)17-7-4-12-27(20(17)22(29)30-23)19-14-25-18(13-26-19)15-5-2-1-3-6-15/h1-7,13-14,16H,8-12H2,(H2,24,28). The Morgan fingerprint density at radius 2 is 1.90 bits per heavy atom. The van der Waals surface area contributed by atoms with Crippen molar-refractivity contribution >= 4 is 17.7 Å². The van der Waals surface area contributed by atoms with E-state index in [1.807, 2.05) is 47.4 Å². The minimum Gasteiger partial charge on any atom is -0.449 e. The maximum absolute atomic E-state index is 12.9. The molecule has 0 unspecified atom stereocenters. The molecule has 1 aromatic carbocycles. The van der Waals surface area contributed by atoms with E-state index in [1.165, 1.54) is 0 Å². The molecule has 1 spiro atoms. The smallest absolute Gasteiger partial charge is 0.356 e. The Bertz CT molecular complexity index is 1050. The first-order valence-electron chi connectivity index (χ1n) is 10.2. The van der Waals surface area contributed by atoms with Crippen LogP contribution in [0.4, 0.5) is 5.82 Å². The maximum atomic E-state index is 12.9. The molecule has 3 heterocycles. The molecule has 7 heteroatoms. The second-order valence-corrected chi connectivity index (χ2v) is 7.96. The number of amides is 1. The summed E-state index contributed by atoms with van der Waals surface area (Å²) in [6.07, 6.45) is 9.84. The molecule has 1 aromatic heterocycles. The Morgan fingerprint density at radius 3 is 2.57 bits per heavy atom. The largest absolute Gasteiger partial charge is 0.449 e. The van der Waals surface area contributed by atoms with Crippen LogP contribution in [-0.4, -0.2) is 34.0 Å². The molecule has 1 fully saturated rings. The average Bonchev–Trinajstić information content (AvgIpc) is 3.06. The van der Waals surface area contributed by atoms with Gasteiger partial charge in [-0.3, -0.25) is 9.78 Å². The Kier molecular flexibility index (Phi) is 4.38. The molecule has 2 aromatic rings. The normalized spacial score (nSPS) is 25.4. The van der Waals surface area contributed by atoms with Gasteiger partial charge in [0.2, 0.25) is 5.91 Å². The van der Waals surface area contributed by atoms with Crippen LogP contribution in [0.3, 0.4) is 0 Å². The number of rotatable bonds is 3. The lowest BCUT2D eigenvalue weighted by Crippen LogP contribution is -2.40. The third kappa shape index (κ3) is 2.98. The molecule has 1 saturated carbocycles. The van der Waals surface area contributed by atoms with E-state index in [-0.39, 0.29) is 17.8 Å². The van der Waals surface area contributed by atoms with Gasteiger partial charge in [-0.2, -0.15) is 0 Å². The van der Waals surface area contributed by atoms with Gasteiger partial charge in [0.1, 0.15) is 11.3 Å². The van der Waals surface area contributed by atoms with Crippen molar-refractivity contribution in [2.75, 3.05) is 11.4 Å². The summed E-state index contributed by atoms with van der Waals surface area (Å²) in [7, 11) is 0. The van der Waals surface area contributed by atoms with Crippen LogP contribution in [0.25, 0.3) is 11.3 Å². The number of carbonyl (C=O) groups excluding carboxylic acids is 2. The number of hydrogen-bond acceptors (Lipinski definition) is 6. The van der Waals surface area contributed by atoms with Crippen molar-refractivity contribution in [3.05, 3.63) is 66.1 Å². The van der Waals surface area contributed by atoms with Gasteiger partial charge in [-0.1, -0.05) is 42.5 Å². The summed E-state index contributed by atoms with van der Waals surface area (Å²) in [6.45, 7) is 0.521. The summed E-state index contributed by atoms with van der Waals surface area (Å²) in [5.41, 5.74) is 7.95. The van der Waals surface area contributed by atoms with Gasteiger partial charge in [-0.25, -0.2) is 9.78 Å². The molecular formula is C23H22N4O3. The fraction of sp³-hybridized carbons (Fsp3) is 0.304. The lowest BCUT2D eigenvalue weighted by atomic mass is 9.74. The van der Waals surface area contributed by atoms with Crippen LogP contribution in [0, 0.1) is 5.92 Å². The molecule has 0 radical (unpaired) electrons. The quantitative estimate of drug-likeness (QED) is 0.793. The summed E-state index contributed by atoms with van der Waals surface area (Å²) < 4.78 is 5.90. The van der Waals surface area contributed by atoms with Crippen molar-refractivity contribution in [1.29, 1.82) is 0 Å². The molecule has 0 atom stereocenters. The van der Waals surface area contributed by atoms with Crippen LogP contribution in [0.5, 0.6) is 0 Å². The summed E-state index contributed by atoms with van der Waals surface area (Å²) in [6, 6.07) is 9.83. The number of hydrogen-bond donors (Lipinski definition) is 1. The Hall–Kier alpha value is -3.48. The second kappa shape index (κ2) is 7.09. The van der Waals surface area contributed by atoms with Crippen molar-refractivity contribution in [1.82, 2.24) is 9.97 Å². The summed E-state index contributed by atoms with van der Waals surface area (Å²) >= 11 is 0. The van der Waals surface area contributed by atoms with Crippen LogP contribution in [0.15, 0.2) is 66.1 Å². The highest BCUT2D eigenvalue weighted by atomic mass is 16.6. The van der Waals surface area contributed by atoms with Crippen molar-refractivity contribution in [2.24, 2.45) is 11.7 Å². The lowest BCUT2D eigenvalue weighted by Gasteiger charge is -2.36. The highest BCUT2D eigenvalue weighted by Crippen LogP contribution is 2.47. The zero-order valence-electron chi connectivity index (χ0n) is 16.5. The van der Waals surface area contributed by atoms with Gasteiger partial charge in [0.15, 0.2) is 5.82 Å². The van der Waals surface area contributed by atoms with E-state index in [4.69, 9.17) is 10.5 Å². The average molecular weight is 402 g/mol. The predicted octanol–water partition coefficient (Wildman–Crippen LogP) is 2.75. The number of esters is 1. The van der Waals surface area contributed by atoms with Gasteiger partial charge in [-0.05, 0) is 25.7 Å². The Balaban J connectivity index is 1.45. The zero-order valence-corrected chi connectivity index (χ0v) is 16.5. The minimum atomic E-state index is -0.676. The summed E-state index contributed by atoms with van der Waals surface area (Å²) in [5.74, 6) is -0.177. The first kappa shape index (κ1) is 18.5. The zero-order chi connectivity index (χ0) is 20.7. The molecule has 3 aliphatic rings. The molecule has 7 nitrogen and oxygen atoms in total. The predicted molar refractivity (Wildman–Crippen MR) is 111 cm³/mol. The van der Waals surface area contributed by atoms with Crippen molar-refractivity contribution in [3.63, 3.8) is 0 Å². The second-order valence-electron chi connectivity index (χ2n) is 7.96. The number of ether oxygens (including phenoxy) is 1. The number of nitrogens with zero attached hydrogens (tertiary/aromatic N) is 3. The number of aromatic nitrogens is 2. The minimum absolute atomic E-state index is 0.154. The number of nitrogens with two attached hydrogens (primary N) is 1. The fourth-order valence-corrected chi connectivity index (χ4v) is 4.63. The van der Waals surface area contributed by atoms with Crippen molar-refractivity contribution < 1.29 is 14.3 Å². The van der Waals surface area contributed by atoms with Crippen molar-refractivity contribution in [3.8, 4) is 11.3 Å². The van der Waals surface area contributed by atoms with Gasteiger partial charge in [-0.15, -0.1) is 0 Å². The van der Waals surface area contributed by atoms with Crippen LogP contribution < -0.4 is 10.6 Å². The number of benzene rings is 1. The summed E-state index contributed by atoms with van der Waals surface area (Å²) in [5, 5.41) is 0. The molecular weight excluding hydrogens is 380 g/mol. The van der Waals surface area contributed by atoms with E-state index in [2.05, 4.69) is 9.97 Å². The van der Waals surface area contributed by atoms with Gasteiger partial charge in [0.25, 0.3) is 0 Å². The molecule has 1 amide bonds. The number of primary amides is 1. The lowest BCUT2D eigenvalue weighted by molar-refractivity contribution is -0.150.